The maximum absolute atomic E-state index is 2.62. The first-order chi connectivity index (χ1) is 26.1. The summed E-state index contributed by atoms with van der Waals surface area (Å²) in [5.41, 5.74) is 18.3. The fourth-order valence-electron chi connectivity index (χ4n) is 9.25. The van der Waals surface area contributed by atoms with Crippen LogP contribution in [-0.2, 0) is 12.8 Å². The number of aryl methyl sites for hydroxylation is 2. The summed E-state index contributed by atoms with van der Waals surface area (Å²) < 4.78 is 0. The Morgan fingerprint density at radius 1 is 0.415 bits per heavy atom. The van der Waals surface area contributed by atoms with Crippen LogP contribution in [0.1, 0.15) is 163 Å². The van der Waals surface area contributed by atoms with Gasteiger partial charge in [-0.2, -0.15) is 0 Å². The van der Waals surface area contributed by atoms with Gasteiger partial charge in [0.25, 0.3) is 0 Å². The molecule has 2 aliphatic carbocycles. The Morgan fingerprint density at radius 3 is 1.23 bits per heavy atom. The van der Waals surface area contributed by atoms with Crippen molar-refractivity contribution in [1.82, 2.24) is 0 Å². The first-order valence-electron chi connectivity index (χ1n) is 22.0. The molecule has 0 aromatic heterocycles. The van der Waals surface area contributed by atoms with Crippen LogP contribution in [0.4, 0.5) is 0 Å². The van der Waals surface area contributed by atoms with Gasteiger partial charge in [0.1, 0.15) is 0 Å². The lowest BCUT2D eigenvalue weighted by Gasteiger charge is -2.21. The number of benzene rings is 4. The minimum atomic E-state index is -0.304. The second-order valence-corrected chi connectivity index (χ2v) is 18.2. The molecule has 0 heterocycles. The molecule has 6 rings (SSSR count). The summed E-state index contributed by atoms with van der Waals surface area (Å²) in [4.78, 5) is 0. The predicted molar refractivity (Wildman–Crippen MR) is 238 cm³/mol. The van der Waals surface area contributed by atoms with Gasteiger partial charge in [0.05, 0.1) is 0 Å². The molecular weight excluding hydrogens is 653 g/mol. The number of hydrogen-bond acceptors (Lipinski definition) is 0. The van der Waals surface area contributed by atoms with Crippen molar-refractivity contribution in [2.75, 3.05) is 0 Å². The van der Waals surface area contributed by atoms with Crippen LogP contribution in [0.15, 0.2) is 96.1 Å². The molecule has 0 fully saturated rings. The molecule has 0 amide bonds. The smallest absolute Gasteiger partial charge is 0.0218 e. The van der Waals surface area contributed by atoms with Gasteiger partial charge in [-0.05, 0) is 107 Å². The highest BCUT2D eigenvalue weighted by Gasteiger charge is 2.30. The van der Waals surface area contributed by atoms with Crippen molar-refractivity contribution in [3.05, 3.63) is 129 Å². The lowest BCUT2D eigenvalue weighted by atomic mass is 9.91. The van der Waals surface area contributed by atoms with Crippen molar-refractivity contribution in [3.8, 4) is 22.3 Å². The molecule has 280 valence electrons. The van der Waals surface area contributed by atoms with E-state index in [4.69, 9.17) is 0 Å². The van der Waals surface area contributed by atoms with E-state index in [0.29, 0.717) is 11.8 Å². The summed E-state index contributed by atoms with van der Waals surface area (Å²) in [6.45, 7) is 9.29. The molecule has 0 N–H and O–H groups in total. The normalized spacial score (nSPS) is 16.3. The van der Waals surface area contributed by atoms with E-state index < -0.39 is 0 Å². The third-order valence-corrected chi connectivity index (χ3v) is 14.3. The molecule has 4 aromatic carbocycles. The van der Waals surface area contributed by atoms with Gasteiger partial charge in [-0.1, -0.05) is 199 Å². The quantitative estimate of drug-likeness (QED) is 0.0560. The molecule has 2 atom stereocenters. The minimum absolute atomic E-state index is 0.304. The molecule has 2 unspecified atom stereocenters. The third kappa shape index (κ3) is 10.0. The van der Waals surface area contributed by atoms with Crippen LogP contribution in [0, 0.1) is 0 Å². The van der Waals surface area contributed by atoms with Crippen LogP contribution >= 0.6 is 0 Å². The van der Waals surface area contributed by atoms with E-state index in [1.165, 1.54) is 159 Å². The molecule has 53 heavy (non-hydrogen) atoms. The third-order valence-electron chi connectivity index (χ3n) is 12.4. The van der Waals surface area contributed by atoms with Crippen LogP contribution in [0.2, 0.25) is 12.1 Å². The van der Waals surface area contributed by atoms with Crippen molar-refractivity contribution < 1.29 is 0 Å². The Hall–Kier alpha value is -3.42. The van der Waals surface area contributed by atoms with E-state index in [1.807, 2.05) is 0 Å². The Balaban J connectivity index is 1.18. The predicted octanol–water partition coefficient (Wildman–Crippen LogP) is 15.3. The molecule has 4 aromatic rings. The van der Waals surface area contributed by atoms with Crippen LogP contribution in [0.3, 0.4) is 0 Å². The van der Waals surface area contributed by atoms with E-state index in [1.54, 1.807) is 22.3 Å². The van der Waals surface area contributed by atoms with Gasteiger partial charge >= 0.3 is 0 Å². The maximum atomic E-state index is 2.62. The van der Waals surface area contributed by atoms with E-state index in [2.05, 4.69) is 125 Å². The molecule has 1 heteroatoms. The summed E-state index contributed by atoms with van der Waals surface area (Å²) in [7, 11) is -0.304. The molecule has 0 saturated heterocycles. The fourth-order valence-corrected chi connectivity index (χ4v) is 11.7. The highest BCUT2D eigenvalue weighted by molar-refractivity contribution is 6.36. The van der Waals surface area contributed by atoms with Gasteiger partial charge in [0, 0.05) is 21.4 Å². The largest absolute Gasteiger partial charge is 0.0654 e. The number of hydrogen-bond donors (Lipinski definition) is 0. The first-order valence-corrected chi connectivity index (χ1v) is 24.0. The average Bonchev–Trinajstić information content (AvgIpc) is 3.74. The standard InChI is InChI=1S/C52H68Si/c1-5-9-13-15-19-39-27-31-41(32-28-39)45-23-17-25-47-49(45)35-43(21-11-7-3)51(47)37-53-38-52-44(22-12-8-4)36-50-46(24-18-26-48(50)52)42-33-29-40(30-34-42)20-16-14-10-6-2/h17-18,23-36,51-52H,5-16,19-22,37-38,53H2,1-4H3. The fraction of sp³-hybridized carbons (Fsp3) is 0.462. The van der Waals surface area contributed by atoms with Gasteiger partial charge in [0.2, 0.25) is 0 Å². The van der Waals surface area contributed by atoms with E-state index in [0.717, 1.165) is 0 Å². The van der Waals surface area contributed by atoms with Crippen LogP contribution in [0.25, 0.3) is 34.4 Å². The molecule has 2 aliphatic rings. The summed E-state index contributed by atoms with van der Waals surface area (Å²) in [6.07, 6.45) is 25.9. The lowest BCUT2D eigenvalue weighted by molar-refractivity contribution is 0.667. The zero-order valence-corrected chi connectivity index (χ0v) is 35.2. The Labute approximate surface area is 326 Å². The van der Waals surface area contributed by atoms with Crippen molar-refractivity contribution in [2.45, 2.75) is 154 Å². The van der Waals surface area contributed by atoms with Gasteiger partial charge in [-0.15, -0.1) is 0 Å². The van der Waals surface area contributed by atoms with Crippen LogP contribution in [-0.4, -0.2) is 9.52 Å². The molecule has 0 nitrogen and oxygen atoms in total. The van der Waals surface area contributed by atoms with Crippen molar-refractivity contribution >= 4 is 21.7 Å². The zero-order valence-electron chi connectivity index (χ0n) is 33.8. The molecule has 0 saturated carbocycles. The highest BCUT2D eigenvalue weighted by atomic mass is 28.2. The number of rotatable bonds is 22. The summed E-state index contributed by atoms with van der Waals surface area (Å²) in [5.74, 6) is 1.22. The Kier molecular flexibility index (Phi) is 15.1. The van der Waals surface area contributed by atoms with Crippen molar-refractivity contribution in [2.24, 2.45) is 0 Å². The molecular formula is C52H68Si. The van der Waals surface area contributed by atoms with E-state index in [-0.39, 0.29) is 9.52 Å². The second kappa shape index (κ2) is 20.3. The van der Waals surface area contributed by atoms with Crippen LogP contribution in [0.5, 0.6) is 0 Å². The second-order valence-electron chi connectivity index (χ2n) is 16.3. The monoisotopic (exact) mass is 721 g/mol. The first kappa shape index (κ1) is 39.3. The SMILES string of the molecule is CCCCCCc1ccc(-c2cccc3c2C=C(CCCC)C3C[SiH2]CC2C(CCCC)=Cc3c(-c4ccc(CCCCCC)cc4)cccc32)cc1. The highest BCUT2D eigenvalue weighted by Crippen LogP contribution is 2.48. The molecule has 0 spiro atoms. The minimum Gasteiger partial charge on any atom is -0.0654 e. The maximum Gasteiger partial charge on any atom is 0.0218 e. The summed E-state index contributed by atoms with van der Waals surface area (Å²) in [5, 5.41) is 0. The average molecular weight is 721 g/mol. The number of allylic oxidation sites excluding steroid dienone is 2. The van der Waals surface area contributed by atoms with Gasteiger partial charge in [0.15, 0.2) is 0 Å². The zero-order chi connectivity index (χ0) is 36.8. The molecule has 0 aliphatic heterocycles. The van der Waals surface area contributed by atoms with Crippen LogP contribution < -0.4 is 0 Å². The molecule has 0 bridgehead atoms. The number of unbranched alkanes of at least 4 members (excludes halogenated alkanes) is 8. The Bertz CT molecular complexity index is 1650. The van der Waals surface area contributed by atoms with Gasteiger partial charge in [-0.25, -0.2) is 0 Å². The van der Waals surface area contributed by atoms with E-state index in [9.17, 15) is 0 Å². The van der Waals surface area contributed by atoms with Gasteiger partial charge < -0.3 is 0 Å². The lowest BCUT2D eigenvalue weighted by Crippen LogP contribution is -2.08. The van der Waals surface area contributed by atoms with Crippen molar-refractivity contribution in [1.29, 1.82) is 0 Å². The van der Waals surface area contributed by atoms with E-state index >= 15 is 0 Å². The Morgan fingerprint density at radius 2 is 0.830 bits per heavy atom. The number of fused-ring (bicyclic) bond motifs is 2. The molecule has 0 radical (unpaired) electrons. The summed E-state index contributed by atoms with van der Waals surface area (Å²) >= 11 is 0. The summed E-state index contributed by atoms with van der Waals surface area (Å²) in [6, 6.07) is 36.3. The topological polar surface area (TPSA) is 0 Å². The van der Waals surface area contributed by atoms with Gasteiger partial charge in [-0.3, -0.25) is 0 Å². The van der Waals surface area contributed by atoms with Crippen molar-refractivity contribution in [3.63, 3.8) is 0 Å².